The van der Waals surface area contributed by atoms with E-state index in [0.29, 0.717) is 0 Å². The summed E-state index contributed by atoms with van der Waals surface area (Å²) in [4.78, 5) is 10.1. The Morgan fingerprint density at radius 1 is 1.45 bits per heavy atom. The number of pyridine rings is 1. The smallest absolute Gasteiger partial charge is 0.193 e. The van der Waals surface area contributed by atoms with Crippen LogP contribution in [0.1, 0.15) is 29.9 Å². The van der Waals surface area contributed by atoms with Crippen LogP contribution in [-0.4, -0.2) is 20.9 Å². The lowest BCUT2D eigenvalue weighted by Gasteiger charge is -2.18. The number of nitrogens with zero attached hydrogens (tertiary/aromatic N) is 3. The lowest BCUT2D eigenvalue weighted by atomic mass is 10.0. The fraction of sp³-hybridized carbons (Fsp3) is 0.333. The number of likely N-dealkylation sites (N-methyl/N-ethyl adjacent to an activating group) is 1. The molecule has 3 rings (SSSR count). The van der Waals surface area contributed by atoms with Gasteiger partial charge in [-0.2, -0.15) is 0 Å². The number of thiazole rings is 1. The molecule has 0 aliphatic carbocycles. The standard InChI is InChI=1S/C15H18N4S/c1-3-16-14(13-5-4-6-17-11(13)2)9-12-10-19-7-8-20-15(19)18-12/h4-8,10,14,16H,3,9H2,1-2H3. The van der Waals surface area contributed by atoms with Gasteiger partial charge >= 0.3 is 0 Å². The van der Waals surface area contributed by atoms with Crippen molar-refractivity contribution in [2.45, 2.75) is 26.3 Å². The average Bonchev–Trinajstić information content (AvgIpc) is 3.00. The first-order chi connectivity index (χ1) is 9.78. The molecule has 20 heavy (non-hydrogen) atoms. The van der Waals surface area contributed by atoms with Gasteiger partial charge in [-0.25, -0.2) is 4.98 Å². The normalized spacial score (nSPS) is 12.9. The summed E-state index contributed by atoms with van der Waals surface area (Å²) in [5, 5.41) is 5.59. The van der Waals surface area contributed by atoms with Crippen molar-refractivity contribution in [2.24, 2.45) is 0 Å². The number of fused-ring (bicyclic) bond motifs is 1. The Bertz CT molecular complexity index is 672. The number of aromatic nitrogens is 3. The SMILES string of the molecule is CCNC(Cc1cn2ccsc2n1)c1cccnc1C. The van der Waals surface area contributed by atoms with Crippen LogP contribution >= 0.6 is 11.3 Å². The molecule has 0 radical (unpaired) electrons. The molecule has 0 bridgehead atoms. The second-order valence-corrected chi connectivity index (χ2v) is 5.69. The number of rotatable bonds is 5. The molecule has 0 amide bonds. The van der Waals surface area contributed by atoms with Crippen molar-refractivity contribution >= 4 is 16.3 Å². The molecule has 0 fully saturated rings. The predicted octanol–water partition coefficient (Wildman–Crippen LogP) is 2.99. The zero-order valence-electron chi connectivity index (χ0n) is 11.7. The lowest BCUT2D eigenvalue weighted by Crippen LogP contribution is -2.24. The van der Waals surface area contributed by atoms with Crippen molar-refractivity contribution in [1.29, 1.82) is 0 Å². The van der Waals surface area contributed by atoms with Gasteiger partial charge in [0.25, 0.3) is 0 Å². The first kappa shape index (κ1) is 13.3. The van der Waals surface area contributed by atoms with E-state index in [9.17, 15) is 0 Å². The van der Waals surface area contributed by atoms with Crippen molar-refractivity contribution in [3.8, 4) is 0 Å². The fourth-order valence-corrected chi connectivity index (χ4v) is 3.21. The van der Waals surface area contributed by atoms with Gasteiger partial charge in [-0.05, 0) is 25.1 Å². The van der Waals surface area contributed by atoms with Crippen molar-refractivity contribution in [2.75, 3.05) is 6.54 Å². The zero-order valence-corrected chi connectivity index (χ0v) is 12.5. The maximum Gasteiger partial charge on any atom is 0.193 e. The molecule has 5 heteroatoms. The van der Waals surface area contributed by atoms with Gasteiger partial charge in [-0.1, -0.05) is 13.0 Å². The van der Waals surface area contributed by atoms with E-state index in [4.69, 9.17) is 0 Å². The van der Waals surface area contributed by atoms with Crippen molar-refractivity contribution in [3.63, 3.8) is 0 Å². The van der Waals surface area contributed by atoms with Crippen LogP contribution in [0.5, 0.6) is 0 Å². The first-order valence-electron chi connectivity index (χ1n) is 6.84. The van der Waals surface area contributed by atoms with Gasteiger partial charge in [0, 0.05) is 42.1 Å². The van der Waals surface area contributed by atoms with Gasteiger partial charge in [-0.3, -0.25) is 9.38 Å². The number of aryl methyl sites for hydroxylation is 1. The minimum Gasteiger partial charge on any atom is -0.310 e. The summed E-state index contributed by atoms with van der Waals surface area (Å²) in [6.45, 7) is 5.12. The van der Waals surface area contributed by atoms with Crippen LogP contribution in [0.3, 0.4) is 0 Å². The quantitative estimate of drug-likeness (QED) is 0.784. The summed E-state index contributed by atoms with van der Waals surface area (Å²) in [5.41, 5.74) is 3.45. The van der Waals surface area contributed by atoms with Crippen LogP contribution in [0.4, 0.5) is 0 Å². The first-order valence-corrected chi connectivity index (χ1v) is 7.72. The van der Waals surface area contributed by atoms with E-state index in [0.717, 1.165) is 29.3 Å². The van der Waals surface area contributed by atoms with Gasteiger partial charge in [0.15, 0.2) is 4.96 Å². The molecule has 1 N–H and O–H groups in total. The predicted molar refractivity (Wildman–Crippen MR) is 82.2 cm³/mol. The summed E-state index contributed by atoms with van der Waals surface area (Å²) in [6.07, 6.45) is 6.89. The summed E-state index contributed by atoms with van der Waals surface area (Å²) in [6, 6.07) is 4.41. The molecule has 0 saturated heterocycles. The van der Waals surface area contributed by atoms with Crippen LogP contribution in [0.25, 0.3) is 4.96 Å². The summed E-state index contributed by atoms with van der Waals surface area (Å²) in [7, 11) is 0. The van der Waals surface area contributed by atoms with E-state index < -0.39 is 0 Å². The molecule has 3 aromatic heterocycles. The molecule has 3 heterocycles. The molecule has 0 saturated carbocycles. The maximum atomic E-state index is 4.67. The maximum absolute atomic E-state index is 4.67. The van der Waals surface area contributed by atoms with Crippen LogP contribution in [0.15, 0.2) is 36.1 Å². The van der Waals surface area contributed by atoms with E-state index in [2.05, 4.69) is 51.2 Å². The van der Waals surface area contributed by atoms with E-state index in [-0.39, 0.29) is 6.04 Å². The Labute approximate surface area is 122 Å². The molecule has 0 spiro atoms. The lowest BCUT2D eigenvalue weighted by molar-refractivity contribution is 0.540. The molecule has 104 valence electrons. The average molecular weight is 286 g/mol. The molecule has 1 unspecified atom stereocenters. The molecule has 4 nitrogen and oxygen atoms in total. The third-order valence-electron chi connectivity index (χ3n) is 3.43. The minimum atomic E-state index is 0.262. The molecule has 1 atom stereocenters. The van der Waals surface area contributed by atoms with Gasteiger partial charge in [0.1, 0.15) is 0 Å². The summed E-state index contributed by atoms with van der Waals surface area (Å²) in [5.74, 6) is 0. The third-order valence-corrected chi connectivity index (χ3v) is 4.20. The van der Waals surface area contributed by atoms with Crippen molar-refractivity contribution < 1.29 is 0 Å². The Hall–Kier alpha value is -1.72. The third kappa shape index (κ3) is 2.59. The van der Waals surface area contributed by atoms with Gasteiger partial charge in [0.2, 0.25) is 0 Å². The topological polar surface area (TPSA) is 42.2 Å². The highest BCUT2D eigenvalue weighted by Crippen LogP contribution is 2.21. The second-order valence-electron chi connectivity index (χ2n) is 4.82. The summed E-state index contributed by atoms with van der Waals surface area (Å²) >= 11 is 1.67. The Morgan fingerprint density at radius 2 is 2.35 bits per heavy atom. The highest BCUT2D eigenvalue weighted by atomic mass is 32.1. The number of imidazole rings is 1. The molecule has 0 aliphatic heterocycles. The molecular formula is C15H18N4S. The number of hydrogen-bond donors (Lipinski definition) is 1. The molecular weight excluding hydrogens is 268 g/mol. The molecule has 0 aliphatic rings. The minimum absolute atomic E-state index is 0.262. The number of hydrogen-bond acceptors (Lipinski definition) is 4. The van der Waals surface area contributed by atoms with E-state index in [1.807, 2.05) is 18.5 Å². The highest BCUT2D eigenvalue weighted by Gasteiger charge is 2.15. The van der Waals surface area contributed by atoms with Crippen LogP contribution in [0, 0.1) is 6.92 Å². The zero-order chi connectivity index (χ0) is 13.9. The van der Waals surface area contributed by atoms with Crippen molar-refractivity contribution in [1.82, 2.24) is 19.7 Å². The van der Waals surface area contributed by atoms with Crippen LogP contribution in [-0.2, 0) is 6.42 Å². The molecule has 3 aromatic rings. The largest absolute Gasteiger partial charge is 0.310 e. The van der Waals surface area contributed by atoms with E-state index in [1.165, 1.54) is 5.56 Å². The summed E-state index contributed by atoms with van der Waals surface area (Å²) < 4.78 is 2.08. The Balaban J connectivity index is 1.87. The van der Waals surface area contributed by atoms with Gasteiger partial charge < -0.3 is 5.32 Å². The van der Waals surface area contributed by atoms with E-state index in [1.54, 1.807) is 11.3 Å². The Morgan fingerprint density at radius 3 is 3.10 bits per heavy atom. The number of nitrogens with one attached hydrogen (secondary N) is 1. The second kappa shape index (κ2) is 5.73. The van der Waals surface area contributed by atoms with Gasteiger partial charge in [0.05, 0.1) is 5.69 Å². The Kier molecular flexibility index (Phi) is 3.80. The highest BCUT2D eigenvalue weighted by molar-refractivity contribution is 7.15. The van der Waals surface area contributed by atoms with Crippen LogP contribution < -0.4 is 5.32 Å². The van der Waals surface area contributed by atoms with Crippen molar-refractivity contribution in [3.05, 3.63) is 53.1 Å². The fourth-order valence-electron chi connectivity index (χ4n) is 2.49. The van der Waals surface area contributed by atoms with Gasteiger partial charge in [-0.15, -0.1) is 11.3 Å². The monoisotopic (exact) mass is 286 g/mol. The molecule has 0 aromatic carbocycles. The van der Waals surface area contributed by atoms with E-state index >= 15 is 0 Å². The van der Waals surface area contributed by atoms with Crippen LogP contribution in [0.2, 0.25) is 0 Å².